The Morgan fingerprint density at radius 1 is 1.27 bits per heavy atom. The third kappa shape index (κ3) is 3.43. The van der Waals surface area contributed by atoms with Gasteiger partial charge in [0.05, 0.1) is 11.7 Å². The number of carboxylic acid groups (broad SMARTS) is 1. The first-order chi connectivity index (χ1) is 10.3. The average Bonchev–Trinajstić information content (AvgIpc) is 2.97. The average molecular weight is 332 g/mol. The molecule has 0 aromatic carbocycles. The summed E-state index contributed by atoms with van der Waals surface area (Å²) in [6.45, 7) is 2.17. The number of amides is 1. The SMILES string of the molecule is CCS(=O)(=O)N1CCCC(C(=O)NC2(C(=O)O)CCCC2)C1. The third-order valence-electron chi connectivity index (χ3n) is 4.74. The summed E-state index contributed by atoms with van der Waals surface area (Å²) < 4.78 is 25.2. The molecule has 2 N–H and O–H groups in total. The molecular formula is C14H24N2O5S. The Hall–Kier alpha value is -1.15. The first kappa shape index (κ1) is 17.2. The molecular weight excluding hydrogens is 308 g/mol. The molecule has 2 rings (SSSR count). The van der Waals surface area contributed by atoms with E-state index in [2.05, 4.69) is 5.32 Å². The molecule has 0 aromatic heterocycles. The van der Waals surface area contributed by atoms with Crippen molar-refractivity contribution in [3.05, 3.63) is 0 Å². The zero-order valence-electron chi connectivity index (χ0n) is 12.9. The number of aliphatic carboxylic acids is 1. The Morgan fingerprint density at radius 3 is 2.45 bits per heavy atom. The Bertz CT molecular complexity index is 539. The number of nitrogens with zero attached hydrogens (tertiary/aromatic N) is 1. The molecule has 1 aliphatic heterocycles. The minimum atomic E-state index is -3.31. The van der Waals surface area contributed by atoms with E-state index in [-0.39, 0.29) is 18.2 Å². The second kappa shape index (κ2) is 6.54. The summed E-state index contributed by atoms with van der Waals surface area (Å²) >= 11 is 0. The van der Waals surface area contributed by atoms with E-state index in [0.29, 0.717) is 32.2 Å². The number of rotatable bonds is 5. The predicted molar refractivity (Wildman–Crippen MR) is 80.7 cm³/mol. The lowest BCUT2D eigenvalue weighted by molar-refractivity contribution is -0.148. The van der Waals surface area contributed by atoms with Crippen LogP contribution in [0.25, 0.3) is 0 Å². The largest absolute Gasteiger partial charge is 0.480 e. The number of carboxylic acids is 1. The Balaban J connectivity index is 2.05. The lowest BCUT2D eigenvalue weighted by atomic mass is 9.93. The lowest BCUT2D eigenvalue weighted by Gasteiger charge is -2.33. The molecule has 126 valence electrons. The van der Waals surface area contributed by atoms with Gasteiger partial charge in [-0.1, -0.05) is 12.8 Å². The normalized spacial score (nSPS) is 25.8. The molecule has 0 bridgehead atoms. The summed E-state index contributed by atoms with van der Waals surface area (Å²) in [6, 6.07) is 0. The van der Waals surface area contributed by atoms with E-state index in [9.17, 15) is 23.1 Å². The zero-order valence-corrected chi connectivity index (χ0v) is 13.7. The number of carbonyl (C=O) groups excluding carboxylic acids is 1. The first-order valence-electron chi connectivity index (χ1n) is 7.84. The predicted octanol–water partition coefficient (Wildman–Crippen LogP) is 0.562. The first-order valence-corrected chi connectivity index (χ1v) is 9.45. The molecule has 1 heterocycles. The molecule has 1 aliphatic carbocycles. The van der Waals surface area contributed by atoms with Crippen LogP contribution < -0.4 is 5.32 Å². The summed E-state index contributed by atoms with van der Waals surface area (Å²) in [5.74, 6) is -1.78. The number of nitrogens with one attached hydrogen (secondary N) is 1. The Kier molecular flexibility index (Phi) is 5.11. The standard InChI is InChI=1S/C14H24N2O5S/c1-2-22(20,21)16-9-5-6-11(10-16)12(17)15-14(13(18)19)7-3-4-8-14/h11H,2-10H2,1H3,(H,15,17)(H,18,19). The summed E-state index contributed by atoms with van der Waals surface area (Å²) in [6.07, 6.45) is 3.67. The molecule has 0 spiro atoms. The quantitative estimate of drug-likeness (QED) is 0.765. The van der Waals surface area contributed by atoms with Gasteiger partial charge in [0, 0.05) is 13.1 Å². The van der Waals surface area contributed by atoms with E-state index in [1.54, 1.807) is 6.92 Å². The van der Waals surface area contributed by atoms with Crippen LogP contribution in [0, 0.1) is 5.92 Å². The fraction of sp³-hybridized carbons (Fsp3) is 0.857. The molecule has 2 fully saturated rings. The van der Waals surface area contributed by atoms with Gasteiger partial charge in [0.25, 0.3) is 0 Å². The summed E-state index contributed by atoms with van der Waals surface area (Å²) in [7, 11) is -3.31. The maximum absolute atomic E-state index is 12.4. The molecule has 0 radical (unpaired) electrons. The van der Waals surface area contributed by atoms with Crippen LogP contribution in [0.4, 0.5) is 0 Å². The maximum Gasteiger partial charge on any atom is 0.329 e. The highest BCUT2D eigenvalue weighted by Gasteiger charge is 2.44. The highest BCUT2D eigenvalue weighted by atomic mass is 32.2. The molecule has 22 heavy (non-hydrogen) atoms. The smallest absolute Gasteiger partial charge is 0.329 e. The third-order valence-corrected chi connectivity index (χ3v) is 6.59. The molecule has 0 aromatic rings. The number of sulfonamides is 1. The van der Waals surface area contributed by atoms with E-state index >= 15 is 0 Å². The maximum atomic E-state index is 12.4. The van der Waals surface area contributed by atoms with Crippen LogP contribution in [0.5, 0.6) is 0 Å². The number of hydrogen-bond acceptors (Lipinski definition) is 4. The van der Waals surface area contributed by atoms with Crippen molar-refractivity contribution in [3.8, 4) is 0 Å². The highest BCUT2D eigenvalue weighted by molar-refractivity contribution is 7.89. The van der Waals surface area contributed by atoms with Crippen molar-refractivity contribution in [1.82, 2.24) is 9.62 Å². The Labute approximate surface area is 131 Å². The highest BCUT2D eigenvalue weighted by Crippen LogP contribution is 2.31. The molecule has 1 atom stereocenters. The van der Waals surface area contributed by atoms with Gasteiger partial charge in [0.2, 0.25) is 15.9 Å². The summed E-state index contributed by atoms with van der Waals surface area (Å²) in [5, 5.41) is 12.1. The van der Waals surface area contributed by atoms with Gasteiger partial charge < -0.3 is 10.4 Å². The molecule has 2 aliphatic rings. The van der Waals surface area contributed by atoms with Gasteiger partial charge >= 0.3 is 5.97 Å². The van der Waals surface area contributed by atoms with Gasteiger partial charge in [-0.3, -0.25) is 4.79 Å². The van der Waals surface area contributed by atoms with Crippen molar-refractivity contribution in [2.45, 2.75) is 51.0 Å². The second-order valence-corrected chi connectivity index (χ2v) is 8.44. The minimum absolute atomic E-state index is 0.0143. The van der Waals surface area contributed by atoms with Gasteiger partial charge in [-0.25, -0.2) is 17.5 Å². The van der Waals surface area contributed by atoms with Crippen LogP contribution in [0.15, 0.2) is 0 Å². The topological polar surface area (TPSA) is 104 Å². The van der Waals surface area contributed by atoms with E-state index in [4.69, 9.17) is 0 Å². The van der Waals surface area contributed by atoms with Crippen LogP contribution in [-0.4, -0.2) is 54.1 Å². The van der Waals surface area contributed by atoms with Gasteiger partial charge in [0.15, 0.2) is 0 Å². The van der Waals surface area contributed by atoms with Gasteiger partial charge in [-0.05, 0) is 32.6 Å². The van der Waals surface area contributed by atoms with Crippen LogP contribution in [0.3, 0.4) is 0 Å². The number of carbonyl (C=O) groups is 2. The van der Waals surface area contributed by atoms with Crippen molar-refractivity contribution >= 4 is 21.9 Å². The van der Waals surface area contributed by atoms with Gasteiger partial charge in [-0.15, -0.1) is 0 Å². The van der Waals surface area contributed by atoms with Crippen molar-refractivity contribution in [1.29, 1.82) is 0 Å². The molecule has 1 saturated carbocycles. The fourth-order valence-electron chi connectivity index (χ4n) is 3.30. The van der Waals surface area contributed by atoms with Crippen molar-refractivity contribution in [2.75, 3.05) is 18.8 Å². The second-order valence-electron chi connectivity index (χ2n) is 6.18. The summed E-state index contributed by atoms with van der Waals surface area (Å²) in [5.41, 5.74) is -1.16. The van der Waals surface area contributed by atoms with Crippen LogP contribution in [-0.2, 0) is 19.6 Å². The van der Waals surface area contributed by atoms with Crippen molar-refractivity contribution in [2.24, 2.45) is 5.92 Å². The molecule has 8 heteroatoms. The fourth-order valence-corrected chi connectivity index (χ4v) is 4.48. The minimum Gasteiger partial charge on any atom is -0.480 e. The van der Waals surface area contributed by atoms with E-state index in [1.807, 2.05) is 0 Å². The van der Waals surface area contributed by atoms with Crippen molar-refractivity contribution < 1.29 is 23.1 Å². The van der Waals surface area contributed by atoms with Crippen LogP contribution in [0.2, 0.25) is 0 Å². The summed E-state index contributed by atoms with van der Waals surface area (Å²) in [4.78, 5) is 23.9. The van der Waals surface area contributed by atoms with E-state index < -0.39 is 27.4 Å². The van der Waals surface area contributed by atoms with E-state index in [0.717, 1.165) is 12.8 Å². The van der Waals surface area contributed by atoms with Crippen LogP contribution >= 0.6 is 0 Å². The van der Waals surface area contributed by atoms with Gasteiger partial charge in [-0.2, -0.15) is 0 Å². The number of piperidine rings is 1. The van der Waals surface area contributed by atoms with Gasteiger partial charge in [0.1, 0.15) is 5.54 Å². The van der Waals surface area contributed by atoms with Crippen molar-refractivity contribution in [3.63, 3.8) is 0 Å². The van der Waals surface area contributed by atoms with Crippen LogP contribution in [0.1, 0.15) is 45.4 Å². The molecule has 1 saturated heterocycles. The zero-order chi connectivity index (χ0) is 16.4. The molecule has 1 amide bonds. The Morgan fingerprint density at radius 2 is 1.91 bits per heavy atom. The lowest BCUT2D eigenvalue weighted by Crippen LogP contribution is -2.56. The van der Waals surface area contributed by atoms with E-state index in [1.165, 1.54) is 4.31 Å². The molecule has 7 nitrogen and oxygen atoms in total. The number of hydrogen-bond donors (Lipinski definition) is 2. The molecule has 1 unspecified atom stereocenters. The monoisotopic (exact) mass is 332 g/mol.